The molecule has 2 aromatic rings. The molecule has 1 aliphatic heterocycles. The van der Waals surface area contributed by atoms with Crippen LogP contribution in [0, 0.1) is 6.92 Å². The van der Waals surface area contributed by atoms with Gasteiger partial charge in [-0.2, -0.15) is 26.3 Å². The number of hydroxylamine groups is 1. The van der Waals surface area contributed by atoms with Gasteiger partial charge in [-0.3, -0.25) is 9.59 Å². The van der Waals surface area contributed by atoms with E-state index in [-0.39, 0.29) is 17.5 Å². The first-order chi connectivity index (χ1) is 17.6. The molecule has 14 heteroatoms. The van der Waals surface area contributed by atoms with E-state index in [1.807, 2.05) is 0 Å². The zero-order valence-electron chi connectivity index (χ0n) is 19.4. The van der Waals surface area contributed by atoms with Gasteiger partial charge in [-0.15, -0.1) is 5.48 Å². The summed E-state index contributed by atoms with van der Waals surface area (Å²) in [4.78, 5) is 29.0. The van der Waals surface area contributed by atoms with Crippen molar-refractivity contribution in [3.8, 4) is 0 Å². The van der Waals surface area contributed by atoms with E-state index >= 15 is 0 Å². The van der Waals surface area contributed by atoms with Gasteiger partial charge in [-0.1, -0.05) is 23.7 Å². The minimum Gasteiger partial charge on any atom is -0.402 e. The summed E-state index contributed by atoms with van der Waals surface area (Å²) in [5.41, 5.74) is 0.434. The van der Waals surface area contributed by atoms with Gasteiger partial charge in [0.1, 0.15) is 6.17 Å². The van der Waals surface area contributed by atoms with Crippen LogP contribution in [-0.4, -0.2) is 36.7 Å². The summed E-state index contributed by atoms with van der Waals surface area (Å²) in [6.07, 6.45) is -10.8. The molecule has 0 bridgehead atoms. The number of alkyl halides is 7. The number of allylic oxidation sites excluding steroid dienone is 1. The molecule has 204 valence electrons. The third-order valence-electron chi connectivity index (χ3n) is 5.90. The third-order valence-corrected chi connectivity index (χ3v) is 6.12. The number of amides is 2. The fraction of sp³-hybridized carbons (Fsp3) is 0.333. The quantitative estimate of drug-likeness (QED) is 0.422. The Morgan fingerprint density at radius 1 is 1.08 bits per heavy atom. The molecule has 1 aliphatic carbocycles. The maximum absolute atomic E-state index is 13.7. The molecule has 1 fully saturated rings. The molecular weight excluding hydrogens is 547 g/mol. The molecule has 1 saturated carbocycles. The molecule has 1 heterocycles. The summed E-state index contributed by atoms with van der Waals surface area (Å²) in [5.74, 6) is -2.78. The van der Waals surface area contributed by atoms with Gasteiger partial charge in [0.05, 0.1) is 24.2 Å². The van der Waals surface area contributed by atoms with E-state index in [1.165, 1.54) is 25.1 Å². The van der Waals surface area contributed by atoms with Gasteiger partial charge in [-0.05, 0) is 47.9 Å². The number of aryl methyl sites for hydroxylation is 1. The van der Waals surface area contributed by atoms with Crippen molar-refractivity contribution in [2.24, 2.45) is 0 Å². The van der Waals surface area contributed by atoms with Gasteiger partial charge in [0.2, 0.25) is 11.7 Å². The van der Waals surface area contributed by atoms with E-state index in [4.69, 9.17) is 11.6 Å². The Balaban J connectivity index is 1.61. The molecule has 3 N–H and O–H groups in total. The first-order valence-corrected chi connectivity index (χ1v) is 11.5. The lowest BCUT2D eigenvalue weighted by Crippen LogP contribution is -2.38. The highest BCUT2D eigenvalue weighted by molar-refractivity contribution is 6.30. The van der Waals surface area contributed by atoms with Crippen LogP contribution < -0.4 is 16.1 Å². The largest absolute Gasteiger partial charge is 0.451 e. The number of hydrogen-bond donors (Lipinski definition) is 3. The molecule has 0 spiro atoms. The molecule has 2 amide bonds. The van der Waals surface area contributed by atoms with Crippen LogP contribution in [0.15, 0.2) is 42.2 Å². The maximum Gasteiger partial charge on any atom is 0.451 e. The average molecular weight is 566 g/mol. The van der Waals surface area contributed by atoms with E-state index in [9.17, 15) is 40.3 Å². The van der Waals surface area contributed by atoms with Crippen LogP contribution in [0.25, 0.3) is 5.57 Å². The van der Waals surface area contributed by atoms with Gasteiger partial charge in [0.25, 0.3) is 5.91 Å². The van der Waals surface area contributed by atoms with Crippen molar-refractivity contribution in [1.29, 1.82) is 0 Å². The minimum absolute atomic E-state index is 0.0962. The van der Waals surface area contributed by atoms with E-state index in [2.05, 4.69) is 21.0 Å². The summed E-state index contributed by atoms with van der Waals surface area (Å²) in [6, 6.07) is 4.13. The molecular formula is C24H19ClF7N3O3. The number of hydrogen-bond acceptors (Lipinski definition) is 4. The number of rotatable bonds is 6. The second-order valence-corrected chi connectivity index (χ2v) is 9.24. The average Bonchev–Trinajstić information content (AvgIpc) is 3.30. The molecule has 6 nitrogen and oxygen atoms in total. The SMILES string of the molecule is Cc1cc(C2NOC(C(F)(F)F)=C2c2cc(Cl)cc(C(F)(F)F)c2)ccc1C(=O)NCC(=O)NC1CC1F. The van der Waals surface area contributed by atoms with Crippen LogP contribution in [0.5, 0.6) is 0 Å². The Bertz CT molecular complexity index is 1310. The Morgan fingerprint density at radius 2 is 1.76 bits per heavy atom. The number of nitrogens with one attached hydrogen (secondary N) is 3. The lowest BCUT2D eigenvalue weighted by Gasteiger charge is -2.18. The van der Waals surface area contributed by atoms with Crippen molar-refractivity contribution in [3.05, 3.63) is 75.0 Å². The van der Waals surface area contributed by atoms with Gasteiger partial charge in [0.15, 0.2) is 0 Å². The number of carbonyl (C=O) groups excluding carboxylic acids is 2. The van der Waals surface area contributed by atoms with Crippen molar-refractivity contribution < 1.29 is 45.2 Å². The fourth-order valence-corrected chi connectivity index (χ4v) is 4.20. The molecule has 2 aliphatic rings. The van der Waals surface area contributed by atoms with Crippen molar-refractivity contribution in [2.75, 3.05) is 6.54 Å². The van der Waals surface area contributed by atoms with Crippen molar-refractivity contribution in [3.63, 3.8) is 0 Å². The molecule has 0 saturated heterocycles. The monoisotopic (exact) mass is 565 g/mol. The van der Waals surface area contributed by atoms with Gasteiger partial charge >= 0.3 is 12.4 Å². The van der Waals surface area contributed by atoms with Crippen LogP contribution in [-0.2, 0) is 15.8 Å². The molecule has 4 rings (SSSR count). The Kier molecular flexibility index (Phi) is 7.36. The van der Waals surface area contributed by atoms with Crippen molar-refractivity contribution >= 4 is 29.0 Å². The normalized spacial score (nSPS) is 21.2. The van der Waals surface area contributed by atoms with Crippen molar-refractivity contribution in [1.82, 2.24) is 16.1 Å². The molecule has 0 radical (unpaired) electrons. The first-order valence-electron chi connectivity index (χ1n) is 11.1. The van der Waals surface area contributed by atoms with Crippen molar-refractivity contribution in [2.45, 2.75) is 44.0 Å². The second-order valence-electron chi connectivity index (χ2n) is 8.80. The summed E-state index contributed by atoms with van der Waals surface area (Å²) < 4.78 is 94.1. The molecule has 2 aromatic carbocycles. The fourth-order valence-electron chi connectivity index (χ4n) is 3.96. The number of carbonyl (C=O) groups is 2. The van der Waals surface area contributed by atoms with E-state index in [0.29, 0.717) is 17.7 Å². The van der Waals surface area contributed by atoms with E-state index in [1.54, 1.807) is 0 Å². The summed E-state index contributed by atoms with van der Waals surface area (Å²) in [7, 11) is 0. The predicted molar refractivity (Wildman–Crippen MR) is 121 cm³/mol. The van der Waals surface area contributed by atoms with E-state index < -0.39 is 76.4 Å². The highest BCUT2D eigenvalue weighted by atomic mass is 35.5. The Hall–Kier alpha value is -3.32. The number of halogens is 8. The standard InChI is InChI=1S/C24H19ClF7N3O3/c1-10-4-11(2-3-15(10)22(37)33-9-18(36)34-17-8-16(17)26)20-19(21(38-35-20)24(30,31)32)12-5-13(23(27,28)29)7-14(25)6-12/h2-7,16-17,20,35H,8-9H2,1H3,(H,33,37)(H,34,36). The minimum atomic E-state index is -5.05. The Morgan fingerprint density at radius 3 is 2.34 bits per heavy atom. The highest BCUT2D eigenvalue weighted by Crippen LogP contribution is 2.46. The van der Waals surface area contributed by atoms with Gasteiger partial charge in [-0.25, -0.2) is 4.39 Å². The lowest BCUT2D eigenvalue weighted by molar-refractivity contribution is -0.137. The Labute approximate surface area is 216 Å². The molecule has 3 atom stereocenters. The smallest absolute Gasteiger partial charge is 0.402 e. The van der Waals surface area contributed by atoms with Gasteiger partial charge < -0.3 is 15.5 Å². The molecule has 38 heavy (non-hydrogen) atoms. The first kappa shape index (κ1) is 27.7. The van der Waals surface area contributed by atoms with Crippen LogP contribution in [0.4, 0.5) is 30.7 Å². The third kappa shape index (κ3) is 6.04. The van der Waals surface area contributed by atoms with Crippen LogP contribution in [0.1, 0.15) is 45.1 Å². The molecule has 0 aromatic heterocycles. The summed E-state index contributed by atoms with van der Waals surface area (Å²) in [5, 5.41) is 4.34. The zero-order chi connectivity index (χ0) is 28.0. The summed E-state index contributed by atoms with van der Waals surface area (Å²) in [6.45, 7) is 1.07. The van der Waals surface area contributed by atoms with Gasteiger partial charge in [0, 0.05) is 22.6 Å². The van der Waals surface area contributed by atoms with Crippen LogP contribution >= 0.6 is 11.6 Å². The second kappa shape index (κ2) is 10.1. The summed E-state index contributed by atoms with van der Waals surface area (Å²) >= 11 is 5.80. The lowest BCUT2D eigenvalue weighted by atomic mass is 9.90. The zero-order valence-corrected chi connectivity index (χ0v) is 20.1. The topological polar surface area (TPSA) is 79.5 Å². The molecule has 3 unspecified atom stereocenters. The number of benzene rings is 2. The predicted octanol–water partition coefficient (Wildman–Crippen LogP) is 5.17. The van der Waals surface area contributed by atoms with E-state index in [0.717, 1.165) is 6.07 Å². The van der Waals surface area contributed by atoms with Crippen LogP contribution in [0.3, 0.4) is 0 Å². The van der Waals surface area contributed by atoms with Crippen LogP contribution in [0.2, 0.25) is 5.02 Å². The highest BCUT2D eigenvalue weighted by Gasteiger charge is 2.46. The maximum atomic E-state index is 13.7.